The molecule has 0 unspecified atom stereocenters. The van der Waals surface area contributed by atoms with E-state index in [4.69, 9.17) is 0 Å². The molecule has 3 heterocycles. The molecule has 0 aromatic carbocycles. The third-order valence-electron chi connectivity index (χ3n) is 5.86. The molecular formula is C20H32N4O. The molecule has 25 heavy (non-hydrogen) atoms. The van der Waals surface area contributed by atoms with Crippen LogP contribution in [0.4, 0.5) is 0 Å². The van der Waals surface area contributed by atoms with E-state index in [0.717, 1.165) is 52.1 Å². The van der Waals surface area contributed by atoms with Crippen LogP contribution in [-0.2, 0) is 11.3 Å². The Labute approximate surface area is 152 Å². The molecular weight excluding hydrogens is 312 g/mol. The first-order valence-corrected chi connectivity index (χ1v) is 9.77. The SMILES string of the molecule is CCN(C)C(=O)[C@H]1CCCN(C2CCN(Cc3cccnc3)CC2)C1. The topological polar surface area (TPSA) is 39.7 Å². The van der Waals surface area contributed by atoms with Gasteiger partial charge >= 0.3 is 0 Å². The maximum absolute atomic E-state index is 12.5. The summed E-state index contributed by atoms with van der Waals surface area (Å²) in [4.78, 5) is 23.7. The largest absolute Gasteiger partial charge is 0.346 e. The van der Waals surface area contributed by atoms with Crippen molar-refractivity contribution in [1.29, 1.82) is 0 Å². The van der Waals surface area contributed by atoms with Crippen LogP contribution in [0.2, 0.25) is 0 Å². The molecule has 0 N–H and O–H groups in total. The standard InChI is InChI=1S/C20H32N4O/c1-3-22(2)20(25)18-7-5-11-24(16-18)19-8-12-23(13-9-19)15-17-6-4-10-21-14-17/h4,6,10,14,18-19H,3,5,7-9,11-13,15-16H2,1-2H3/t18-/m0/s1. The Bertz CT molecular complexity index is 542. The van der Waals surface area contributed by atoms with E-state index in [1.54, 1.807) is 0 Å². The van der Waals surface area contributed by atoms with E-state index in [2.05, 4.69) is 27.8 Å². The number of nitrogens with zero attached hydrogens (tertiary/aromatic N) is 4. The Morgan fingerprint density at radius 1 is 1.28 bits per heavy atom. The number of likely N-dealkylation sites (tertiary alicyclic amines) is 2. The van der Waals surface area contributed by atoms with Crippen molar-refractivity contribution in [3.8, 4) is 0 Å². The number of amides is 1. The summed E-state index contributed by atoms with van der Waals surface area (Å²) >= 11 is 0. The highest BCUT2D eigenvalue weighted by atomic mass is 16.2. The van der Waals surface area contributed by atoms with Gasteiger partial charge in [0.25, 0.3) is 0 Å². The molecule has 2 saturated heterocycles. The van der Waals surface area contributed by atoms with Crippen molar-refractivity contribution in [1.82, 2.24) is 19.7 Å². The molecule has 0 radical (unpaired) electrons. The van der Waals surface area contributed by atoms with Gasteiger partial charge in [-0.25, -0.2) is 0 Å². The average molecular weight is 345 g/mol. The van der Waals surface area contributed by atoms with Crippen molar-refractivity contribution in [2.24, 2.45) is 5.92 Å². The van der Waals surface area contributed by atoms with Crippen molar-refractivity contribution in [3.63, 3.8) is 0 Å². The molecule has 0 spiro atoms. The van der Waals surface area contributed by atoms with E-state index in [-0.39, 0.29) is 5.92 Å². The zero-order chi connectivity index (χ0) is 17.6. The molecule has 1 aromatic rings. The third-order valence-corrected chi connectivity index (χ3v) is 5.86. The third kappa shape index (κ3) is 4.79. The summed E-state index contributed by atoms with van der Waals surface area (Å²) in [7, 11) is 1.93. The minimum absolute atomic E-state index is 0.201. The first-order chi connectivity index (χ1) is 12.2. The number of pyridine rings is 1. The second-order valence-electron chi connectivity index (χ2n) is 7.56. The van der Waals surface area contributed by atoms with E-state index in [0.29, 0.717) is 11.9 Å². The number of hydrogen-bond donors (Lipinski definition) is 0. The Kier molecular flexibility index (Phi) is 6.43. The lowest BCUT2D eigenvalue weighted by molar-refractivity contribution is -0.136. The van der Waals surface area contributed by atoms with Gasteiger partial charge in [-0.1, -0.05) is 6.07 Å². The predicted molar refractivity (Wildman–Crippen MR) is 100 cm³/mol. The second kappa shape index (κ2) is 8.77. The van der Waals surface area contributed by atoms with Crippen LogP contribution in [0.15, 0.2) is 24.5 Å². The van der Waals surface area contributed by atoms with E-state index >= 15 is 0 Å². The molecule has 138 valence electrons. The van der Waals surface area contributed by atoms with Crippen LogP contribution in [0.5, 0.6) is 0 Å². The Hall–Kier alpha value is -1.46. The number of hydrogen-bond acceptors (Lipinski definition) is 4. The number of carbonyl (C=O) groups excluding carboxylic acids is 1. The summed E-state index contributed by atoms with van der Waals surface area (Å²) < 4.78 is 0. The fourth-order valence-electron chi connectivity index (χ4n) is 4.20. The molecule has 0 bridgehead atoms. The van der Waals surface area contributed by atoms with E-state index in [1.807, 2.05) is 30.4 Å². The summed E-state index contributed by atoms with van der Waals surface area (Å²) in [5, 5.41) is 0. The van der Waals surface area contributed by atoms with Crippen molar-refractivity contribution < 1.29 is 4.79 Å². The molecule has 2 aliphatic rings. The van der Waals surface area contributed by atoms with Crippen LogP contribution in [0.3, 0.4) is 0 Å². The number of rotatable bonds is 5. The molecule has 1 aromatic heterocycles. The van der Waals surface area contributed by atoms with E-state index < -0.39 is 0 Å². The lowest BCUT2D eigenvalue weighted by Crippen LogP contribution is -2.50. The Morgan fingerprint density at radius 3 is 2.76 bits per heavy atom. The van der Waals surface area contributed by atoms with Gasteiger partial charge in [0.2, 0.25) is 5.91 Å². The van der Waals surface area contributed by atoms with Crippen LogP contribution in [0, 0.1) is 5.92 Å². The molecule has 3 rings (SSSR count). The summed E-state index contributed by atoms with van der Waals surface area (Å²) in [6.07, 6.45) is 8.44. The molecule has 2 aliphatic heterocycles. The second-order valence-corrected chi connectivity index (χ2v) is 7.56. The smallest absolute Gasteiger partial charge is 0.226 e. The summed E-state index contributed by atoms with van der Waals surface area (Å²) in [5.41, 5.74) is 1.30. The van der Waals surface area contributed by atoms with Crippen LogP contribution >= 0.6 is 0 Å². The van der Waals surface area contributed by atoms with Crippen molar-refractivity contribution >= 4 is 5.91 Å². The summed E-state index contributed by atoms with van der Waals surface area (Å²) in [6, 6.07) is 4.82. The Morgan fingerprint density at radius 2 is 2.08 bits per heavy atom. The quantitative estimate of drug-likeness (QED) is 0.821. The minimum atomic E-state index is 0.201. The molecule has 5 heteroatoms. The fraction of sp³-hybridized carbons (Fsp3) is 0.700. The number of piperidine rings is 2. The molecule has 2 fully saturated rings. The van der Waals surface area contributed by atoms with Crippen LogP contribution in [0.1, 0.15) is 38.2 Å². The predicted octanol–water partition coefficient (Wildman–Crippen LogP) is 2.24. The highest BCUT2D eigenvalue weighted by molar-refractivity contribution is 5.78. The van der Waals surface area contributed by atoms with E-state index in [9.17, 15) is 4.79 Å². The lowest BCUT2D eigenvalue weighted by atomic mass is 9.93. The van der Waals surface area contributed by atoms with E-state index in [1.165, 1.54) is 18.4 Å². The maximum Gasteiger partial charge on any atom is 0.226 e. The first-order valence-electron chi connectivity index (χ1n) is 9.77. The van der Waals surface area contributed by atoms with Gasteiger partial charge in [-0.05, 0) is 63.9 Å². The number of carbonyl (C=O) groups is 1. The van der Waals surface area contributed by atoms with Crippen molar-refractivity contribution in [3.05, 3.63) is 30.1 Å². The summed E-state index contributed by atoms with van der Waals surface area (Å²) in [6.45, 7) is 8.26. The van der Waals surface area contributed by atoms with Crippen molar-refractivity contribution in [2.45, 2.75) is 45.2 Å². The van der Waals surface area contributed by atoms with Crippen molar-refractivity contribution in [2.75, 3.05) is 39.8 Å². The van der Waals surface area contributed by atoms with Crippen LogP contribution in [-0.4, -0.2) is 71.4 Å². The van der Waals surface area contributed by atoms with Gasteiger partial charge in [0.1, 0.15) is 0 Å². The van der Waals surface area contributed by atoms with Gasteiger partial charge in [-0.15, -0.1) is 0 Å². The number of aromatic nitrogens is 1. The van der Waals surface area contributed by atoms with Crippen LogP contribution < -0.4 is 0 Å². The Balaban J connectivity index is 1.48. The first kappa shape index (κ1) is 18.3. The van der Waals surface area contributed by atoms with Gasteiger partial charge in [0.05, 0.1) is 5.92 Å². The zero-order valence-electron chi connectivity index (χ0n) is 15.7. The molecule has 0 aliphatic carbocycles. The normalized spacial score (nSPS) is 23.5. The van der Waals surface area contributed by atoms with Gasteiger partial charge < -0.3 is 4.90 Å². The van der Waals surface area contributed by atoms with Gasteiger partial charge in [0, 0.05) is 45.1 Å². The van der Waals surface area contributed by atoms with Gasteiger partial charge in [-0.2, -0.15) is 0 Å². The molecule has 1 atom stereocenters. The van der Waals surface area contributed by atoms with Gasteiger partial charge in [-0.3, -0.25) is 19.6 Å². The minimum Gasteiger partial charge on any atom is -0.346 e. The molecule has 5 nitrogen and oxygen atoms in total. The zero-order valence-corrected chi connectivity index (χ0v) is 15.7. The van der Waals surface area contributed by atoms with Gasteiger partial charge in [0.15, 0.2) is 0 Å². The average Bonchev–Trinajstić information content (AvgIpc) is 2.68. The monoisotopic (exact) mass is 344 g/mol. The molecule has 1 amide bonds. The highest BCUT2D eigenvalue weighted by Gasteiger charge is 2.32. The van der Waals surface area contributed by atoms with Crippen LogP contribution in [0.25, 0.3) is 0 Å². The fourth-order valence-corrected chi connectivity index (χ4v) is 4.20. The maximum atomic E-state index is 12.5. The highest BCUT2D eigenvalue weighted by Crippen LogP contribution is 2.25. The molecule has 0 saturated carbocycles. The lowest BCUT2D eigenvalue weighted by Gasteiger charge is -2.42. The summed E-state index contributed by atoms with van der Waals surface area (Å²) in [5.74, 6) is 0.535.